The summed E-state index contributed by atoms with van der Waals surface area (Å²) in [5, 5.41) is 0. The maximum Gasteiger partial charge on any atom is -0.00851 e. The van der Waals surface area contributed by atoms with Crippen LogP contribution in [0.3, 0.4) is 0 Å². The lowest BCUT2D eigenvalue weighted by Gasteiger charge is -2.58. The van der Waals surface area contributed by atoms with Gasteiger partial charge in [0.1, 0.15) is 0 Å². The summed E-state index contributed by atoms with van der Waals surface area (Å²) in [6, 6.07) is 0. The Labute approximate surface area is 131 Å². The standard InChI is InChI=1S/C21H34/c1-14-9-11-21(4)16(13-14)6-7-17-18-8-5-15(2)20(18,3)12-10-19(17)21/h13-15,17-19H,5-12H2,1-4H3. The average Bonchev–Trinajstić information content (AvgIpc) is 2.76. The van der Waals surface area contributed by atoms with Crippen LogP contribution in [0.5, 0.6) is 0 Å². The Morgan fingerprint density at radius 3 is 2.52 bits per heavy atom. The topological polar surface area (TPSA) is 0 Å². The van der Waals surface area contributed by atoms with Crippen molar-refractivity contribution in [1.82, 2.24) is 0 Å². The van der Waals surface area contributed by atoms with Crippen molar-refractivity contribution >= 4 is 0 Å². The van der Waals surface area contributed by atoms with Crippen molar-refractivity contribution in [2.45, 2.75) is 79.1 Å². The van der Waals surface area contributed by atoms with Crippen LogP contribution in [0.15, 0.2) is 11.6 Å². The Bertz CT molecular complexity index is 461. The average molecular weight is 287 g/mol. The fourth-order valence-electron chi connectivity index (χ4n) is 7.16. The van der Waals surface area contributed by atoms with E-state index >= 15 is 0 Å². The lowest BCUT2D eigenvalue weighted by atomic mass is 9.46. The molecule has 3 fully saturated rings. The Morgan fingerprint density at radius 2 is 1.71 bits per heavy atom. The van der Waals surface area contributed by atoms with E-state index in [-0.39, 0.29) is 0 Å². The molecule has 0 aromatic carbocycles. The van der Waals surface area contributed by atoms with Crippen LogP contribution in [-0.2, 0) is 0 Å². The third-order valence-corrected chi connectivity index (χ3v) is 8.81. The van der Waals surface area contributed by atoms with Crippen molar-refractivity contribution in [3.8, 4) is 0 Å². The number of allylic oxidation sites excluding steroid dienone is 2. The van der Waals surface area contributed by atoms with E-state index in [1.165, 1.54) is 51.4 Å². The second kappa shape index (κ2) is 4.62. The van der Waals surface area contributed by atoms with Gasteiger partial charge in [-0.2, -0.15) is 0 Å². The molecule has 0 nitrogen and oxygen atoms in total. The smallest absolute Gasteiger partial charge is 0.00851 e. The van der Waals surface area contributed by atoms with E-state index in [9.17, 15) is 0 Å². The van der Waals surface area contributed by atoms with Gasteiger partial charge >= 0.3 is 0 Å². The van der Waals surface area contributed by atoms with Gasteiger partial charge in [-0.15, -0.1) is 0 Å². The maximum absolute atomic E-state index is 2.67. The quantitative estimate of drug-likeness (QED) is 0.464. The molecule has 4 aliphatic carbocycles. The van der Waals surface area contributed by atoms with Crippen LogP contribution in [0, 0.1) is 40.4 Å². The minimum absolute atomic E-state index is 0.572. The molecule has 0 spiro atoms. The minimum Gasteiger partial charge on any atom is -0.0819 e. The zero-order valence-electron chi connectivity index (χ0n) is 14.6. The van der Waals surface area contributed by atoms with Gasteiger partial charge in [-0.25, -0.2) is 0 Å². The summed E-state index contributed by atoms with van der Waals surface area (Å²) >= 11 is 0. The molecule has 21 heavy (non-hydrogen) atoms. The van der Waals surface area contributed by atoms with Gasteiger partial charge in [0, 0.05) is 0 Å². The van der Waals surface area contributed by atoms with E-state index in [0.29, 0.717) is 10.8 Å². The van der Waals surface area contributed by atoms with Crippen molar-refractivity contribution in [1.29, 1.82) is 0 Å². The fraction of sp³-hybridized carbons (Fsp3) is 0.905. The molecule has 0 N–H and O–H groups in total. The highest BCUT2D eigenvalue weighted by Gasteiger charge is 2.57. The van der Waals surface area contributed by atoms with Crippen molar-refractivity contribution in [3.05, 3.63) is 11.6 Å². The highest BCUT2D eigenvalue weighted by Crippen LogP contribution is 2.66. The van der Waals surface area contributed by atoms with Crippen LogP contribution in [0.4, 0.5) is 0 Å². The molecule has 0 heterocycles. The van der Waals surface area contributed by atoms with Gasteiger partial charge in [0.15, 0.2) is 0 Å². The SMILES string of the molecule is CC1C=C2CCC3C(CCC4(C)C(C)CCC34)C2(C)CC1. The van der Waals surface area contributed by atoms with E-state index in [1.807, 2.05) is 5.57 Å². The third-order valence-electron chi connectivity index (χ3n) is 8.81. The van der Waals surface area contributed by atoms with Crippen LogP contribution in [0.2, 0.25) is 0 Å². The Morgan fingerprint density at radius 1 is 0.905 bits per heavy atom. The summed E-state index contributed by atoms with van der Waals surface area (Å²) in [4.78, 5) is 0. The fourth-order valence-corrected chi connectivity index (χ4v) is 7.16. The molecule has 0 bridgehead atoms. The highest BCUT2D eigenvalue weighted by atomic mass is 14.6. The molecule has 7 atom stereocenters. The first-order valence-corrected chi connectivity index (χ1v) is 9.66. The first kappa shape index (κ1) is 14.3. The molecular weight excluding hydrogens is 252 g/mol. The van der Waals surface area contributed by atoms with E-state index < -0.39 is 0 Å². The van der Waals surface area contributed by atoms with Crippen molar-refractivity contribution < 1.29 is 0 Å². The van der Waals surface area contributed by atoms with Crippen LogP contribution in [0.25, 0.3) is 0 Å². The lowest BCUT2D eigenvalue weighted by molar-refractivity contribution is -0.0500. The maximum atomic E-state index is 2.67. The predicted molar refractivity (Wildman–Crippen MR) is 90.0 cm³/mol. The summed E-state index contributed by atoms with van der Waals surface area (Å²) in [6.07, 6.45) is 14.6. The number of hydrogen-bond donors (Lipinski definition) is 0. The molecule has 0 heteroatoms. The molecule has 4 aliphatic rings. The summed E-state index contributed by atoms with van der Waals surface area (Å²) < 4.78 is 0. The molecule has 0 radical (unpaired) electrons. The molecule has 118 valence electrons. The van der Waals surface area contributed by atoms with E-state index in [0.717, 1.165) is 29.6 Å². The zero-order valence-corrected chi connectivity index (χ0v) is 14.6. The highest BCUT2D eigenvalue weighted by molar-refractivity contribution is 5.24. The summed E-state index contributed by atoms with van der Waals surface area (Å²) in [6.45, 7) is 10.2. The van der Waals surface area contributed by atoms with E-state index in [4.69, 9.17) is 0 Å². The van der Waals surface area contributed by atoms with Crippen LogP contribution < -0.4 is 0 Å². The molecule has 0 amide bonds. The molecule has 4 rings (SSSR count). The van der Waals surface area contributed by atoms with Crippen molar-refractivity contribution in [3.63, 3.8) is 0 Å². The molecule has 3 saturated carbocycles. The minimum atomic E-state index is 0.572. The monoisotopic (exact) mass is 286 g/mol. The molecule has 0 aliphatic heterocycles. The Kier molecular flexibility index (Phi) is 3.15. The molecule has 0 saturated heterocycles. The predicted octanol–water partition coefficient (Wildman–Crippen LogP) is 6.22. The second-order valence-corrected chi connectivity index (χ2v) is 9.56. The zero-order chi connectivity index (χ0) is 14.8. The third kappa shape index (κ3) is 1.86. The largest absolute Gasteiger partial charge is 0.0819 e. The van der Waals surface area contributed by atoms with Gasteiger partial charge in [0.25, 0.3) is 0 Å². The van der Waals surface area contributed by atoms with E-state index in [2.05, 4.69) is 33.8 Å². The molecule has 0 aromatic rings. The second-order valence-electron chi connectivity index (χ2n) is 9.56. The number of rotatable bonds is 0. The lowest BCUT2D eigenvalue weighted by Crippen LogP contribution is -2.50. The van der Waals surface area contributed by atoms with Gasteiger partial charge in [0.05, 0.1) is 0 Å². The summed E-state index contributed by atoms with van der Waals surface area (Å²) in [5.41, 5.74) is 3.11. The summed E-state index contributed by atoms with van der Waals surface area (Å²) in [5.74, 6) is 4.91. The van der Waals surface area contributed by atoms with Crippen LogP contribution >= 0.6 is 0 Å². The van der Waals surface area contributed by atoms with Gasteiger partial charge in [-0.05, 0) is 91.8 Å². The number of hydrogen-bond acceptors (Lipinski definition) is 0. The van der Waals surface area contributed by atoms with Gasteiger partial charge < -0.3 is 0 Å². The summed E-state index contributed by atoms with van der Waals surface area (Å²) in [7, 11) is 0. The first-order valence-electron chi connectivity index (χ1n) is 9.66. The van der Waals surface area contributed by atoms with Crippen molar-refractivity contribution in [2.24, 2.45) is 40.4 Å². The van der Waals surface area contributed by atoms with Gasteiger partial charge in [-0.1, -0.05) is 39.3 Å². The first-order chi connectivity index (χ1) is 9.95. The normalized spacial score (nSPS) is 56.2. The molecular formula is C21H34. The van der Waals surface area contributed by atoms with E-state index in [1.54, 1.807) is 0 Å². The van der Waals surface area contributed by atoms with Crippen LogP contribution in [-0.4, -0.2) is 0 Å². The van der Waals surface area contributed by atoms with Gasteiger partial charge in [0.2, 0.25) is 0 Å². The Balaban J connectivity index is 1.67. The Hall–Kier alpha value is -0.260. The van der Waals surface area contributed by atoms with Crippen molar-refractivity contribution in [2.75, 3.05) is 0 Å². The van der Waals surface area contributed by atoms with Gasteiger partial charge in [-0.3, -0.25) is 0 Å². The van der Waals surface area contributed by atoms with Crippen LogP contribution in [0.1, 0.15) is 79.1 Å². The number of fused-ring (bicyclic) bond motifs is 5. The molecule has 0 aromatic heterocycles. The molecule has 7 unspecified atom stereocenters.